The van der Waals surface area contributed by atoms with Crippen LogP contribution in [0.4, 0.5) is 5.82 Å². The number of anilines is 1. The summed E-state index contributed by atoms with van der Waals surface area (Å²) in [6, 6.07) is 8.75. The van der Waals surface area contributed by atoms with Crippen molar-refractivity contribution in [3.63, 3.8) is 0 Å². The van der Waals surface area contributed by atoms with Gasteiger partial charge in [-0.2, -0.15) is 0 Å². The predicted octanol–water partition coefficient (Wildman–Crippen LogP) is 4.53. The molecule has 0 aliphatic rings. The van der Waals surface area contributed by atoms with Crippen molar-refractivity contribution in [2.45, 2.75) is 49.5 Å². The second-order valence-electron chi connectivity index (χ2n) is 5.99. The van der Waals surface area contributed by atoms with Gasteiger partial charge >= 0.3 is 0 Å². The van der Waals surface area contributed by atoms with Crippen LogP contribution >= 0.6 is 11.8 Å². The second kappa shape index (κ2) is 6.48. The van der Waals surface area contributed by atoms with Crippen LogP contribution in [0.25, 0.3) is 0 Å². The smallest absolute Gasteiger partial charge is 0.133 e. The average Bonchev–Trinajstić information content (AvgIpc) is 2.46. The van der Waals surface area contributed by atoms with Gasteiger partial charge < -0.3 is 5.32 Å². The highest BCUT2D eigenvalue weighted by molar-refractivity contribution is 7.99. The minimum atomic E-state index is 0.187. The van der Waals surface area contributed by atoms with Crippen LogP contribution in [0.1, 0.15) is 38.8 Å². The first-order valence-corrected chi connectivity index (χ1v) is 8.07. The molecule has 3 nitrogen and oxygen atoms in total. The van der Waals surface area contributed by atoms with Crippen LogP contribution in [0, 0.1) is 0 Å². The van der Waals surface area contributed by atoms with Crippen LogP contribution < -0.4 is 5.32 Å². The normalized spacial score (nSPS) is 11.5. The van der Waals surface area contributed by atoms with Gasteiger partial charge in [0, 0.05) is 17.5 Å². The lowest BCUT2D eigenvalue weighted by molar-refractivity contribution is 0.590. The van der Waals surface area contributed by atoms with Crippen molar-refractivity contribution in [2.24, 2.45) is 0 Å². The van der Waals surface area contributed by atoms with Gasteiger partial charge in [0.25, 0.3) is 0 Å². The molecule has 1 aromatic carbocycles. The lowest BCUT2D eigenvalue weighted by Crippen LogP contribution is -2.10. The molecular weight excluding hydrogens is 278 g/mol. The highest BCUT2D eigenvalue weighted by atomic mass is 32.2. The Hall–Kier alpha value is -1.55. The number of benzene rings is 1. The monoisotopic (exact) mass is 301 g/mol. The summed E-state index contributed by atoms with van der Waals surface area (Å²) in [6.45, 7) is 8.82. The van der Waals surface area contributed by atoms with E-state index in [1.54, 1.807) is 18.1 Å². The molecule has 112 valence electrons. The molecule has 1 aromatic heterocycles. The third-order valence-corrected chi connectivity index (χ3v) is 4.48. The maximum atomic E-state index is 4.44. The number of nitrogens with zero attached hydrogens (tertiary/aromatic N) is 2. The minimum absolute atomic E-state index is 0.187. The van der Waals surface area contributed by atoms with Crippen LogP contribution in [0.2, 0.25) is 0 Å². The Morgan fingerprint density at radius 1 is 1.10 bits per heavy atom. The van der Waals surface area contributed by atoms with Gasteiger partial charge in [-0.05, 0) is 29.5 Å². The molecule has 0 bridgehead atoms. The number of hydrogen-bond acceptors (Lipinski definition) is 4. The number of hydrogen-bond donors (Lipinski definition) is 1. The summed E-state index contributed by atoms with van der Waals surface area (Å²) in [5.41, 5.74) is 2.71. The van der Waals surface area contributed by atoms with E-state index in [4.69, 9.17) is 0 Å². The molecule has 0 unspecified atom stereocenters. The summed E-state index contributed by atoms with van der Waals surface area (Å²) >= 11 is 1.70. The summed E-state index contributed by atoms with van der Waals surface area (Å²) in [5.74, 6) is 0.918. The topological polar surface area (TPSA) is 37.8 Å². The van der Waals surface area contributed by atoms with E-state index < -0.39 is 0 Å². The maximum Gasteiger partial charge on any atom is 0.133 e. The van der Waals surface area contributed by atoms with Crippen molar-refractivity contribution in [3.05, 3.63) is 41.7 Å². The fraction of sp³-hybridized carbons (Fsp3) is 0.412. The Bertz CT molecular complexity index is 600. The van der Waals surface area contributed by atoms with E-state index in [-0.39, 0.29) is 5.41 Å². The van der Waals surface area contributed by atoms with Gasteiger partial charge in [-0.25, -0.2) is 9.97 Å². The van der Waals surface area contributed by atoms with Gasteiger partial charge in [0.05, 0.1) is 0 Å². The number of aromatic nitrogens is 2. The molecule has 0 radical (unpaired) electrons. The van der Waals surface area contributed by atoms with E-state index in [0.717, 1.165) is 17.3 Å². The Morgan fingerprint density at radius 3 is 2.29 bits per heavy atom. The van der Waals surface area contributed by atoms with Crippen molar-refractivity contribution in [3.8, 4) is 0 Å². The first-order chi connectivity index (χ1) is 9.95. The van der Waals surface area contributed by atoms with E-state index in [9.17, 15) is 0 Å². The van der Waals surface area contributed by atoms with Crippen LogP contribution in [0.5, 0.6) is 0 Å². The van der Waals surface area contributed by atoms with E-state index in [1.807, 2.05) is 7.05 Å². The van der Waals surface area contributed by atoms with Crippen LogP contribution in [0.3, 0.4) is 0 Å². The van der Waals surface area contributed by atoms with Gasteiger partial charge in [-0.15, -0.1) is 0 Å². The second-order valence-corrected chi connectivity index (χ2v) is 7.05. The Labute approximate surface area is 131 Å². The van der Waals surface area contributed by atoms with E-state index in [0.29, 0.717) is 0 Å². The fourth-order valence-corrected chi connectivity index (χ4v) is 3.11. The first-order valence-electron chi connectivity index (χ1n) is 7.25. The summed E-state index contributed by atoms with van der Waals surface area (Å²) in [6.07, 6.45) is 2.54. The molecule has 4 heteroatoms. The van der Waals surface area contributed by atoms with Gasteiger partial charge in [0.15, 0.2) is 0 Å². The maximum absolute atomic E-state index is 4.44. The molecule has 21 heavy (non-hydrogen) atoms. The quantitative estimate of drug-likeness (QED) is 0.842. The Morgan fingerprint density at radius 2 is 1.76 bits per heavy atom. The summed E-state index contributed by atoms with van der Waals surface area (Å²) in [4.78, 5) is 9.92. The Kier molecular flexibility index (Phi) is 4.88. The summed E-state index contributed by atoms with van der Waals surface area (Å²) in [7, 11) is 1.90. The average molecular weight is 301 g/mol. The molecule has 1 heterocycles. The molecule has 1 N–H and O–H groups in total. The first kappa shape index (κ1) is 15.8. The van der Waals surface area contributed by atoms with Crippen LogP contribution in [0.15, 0.2) is 40.5 Å². The lowest BCUT2D eigenvalue weighted by Gasteiger charge is -2.19. The highest BCUT2D eigenvalue weighted by Gasteiger charge is 2.14. The standard InChI is InChI=1S/C17H23N3S/c1-6-14-15(18-5)19-11-20-16(14)21-13-9-7-12(8-10-13)17(2,3)4/h7-11H,6H2,1-5H3,(H,18,19,20). The van der Waals surface area contributed by atoms with Crippen LogP contribution in [-0.2, 0) is 11.8 Å². The molecule has 0 atom stereocenters. The molecule has 0 aliphatic heterocycles. The zero-order valence-electron chi connectivity index (χ0n) is 13.4. The third-order valence-electron chi connectivity index (χ3n) is 3.43. The zero-order chi connectivity index (χ0) is 15.5. The largest absolute Gasteiger partial charge is 0.373 e. The molecule has 0 saturated carbocycles. The van der Waals surface area contributed by atoms with E-state index in [1.165, 1.54) is 16.0 Å². The molecular formula is C17H23N3S. The van der Waals surface area contributed by atoms with Crippen molar-refractivity contribution in [2.75, 3.05) is 12.4 Å². The molecule has 2 rings (SSSR count). The van der Waals surface area contributed by atoms with Crippen molar-refractivity contribution < 1.29 is 0 Å². The molecule has 0 spiro atoms. The predicted molar refractivity (Wildman–Crippen MR) is 90.2 cm³/mol. The van der Waals surface area contributed by atoms with Gasteiger partial charge in [0.2, 0.25) is 0 Å². The van der Waals surface area contributed by atoms with E-state index in [2.05, 4.69) is 67.2 Å². The summed E-state index contributed by atoms with van der Waals surface area (Å²) in [5, 5.41) is 4.17. The fourth-order valence-electron chi connectivity index (χ4n) is 2.15. The third kappa shape index (κ3) is 3.76. The zero-order valence-corrected chi connectivity index (χ0v) is 14.2. The summed E-state index contributed by atoms with van der Waals surface area (Å²) < 4.78 is 0. The molecule has 2 aromatic rings. The lowest BCUT2D eigenvalue weighted by atomic mass is 9.87. The number of rotatable bonds is 4. The molecule has 0 saturated heterocycles. The van der Waals surface area contributed by atoms with E-state index >= 15 is 0 Å². The van der Waals surface area contributed by atoms with Crippen molar-refractivity contribution in [1.29, 1.82) is 0 Å². The molecule has 0 amide bonds. The molecule has 0 aliphatic carbocycles. The van der Waals surface area contributed by atoms with Gasteiger partial charge in [0.1, 0.15) is 17.2 Å². The van der Waals surface area contributed by atoms with Crippen molar-refractivity contribution in [1.82, 2.24) is 9.97 Å². The number of nitrogens with one attached hydrogen (secondary N) is 1. The van der Waals surface area contributed by atoms with Gasteiger partial charge in [-0.3, -0.25) is 0 Å². The SMILES string of the molecule is CCc1c(NC)ncnc1Sc1ccc(C(C)(C)C)cc1. The van der Waals surface area contributed by atoms with Gasteiger partial charge in [-0.1, -0.05) is 51.6 Å². The minimum Gasteiger partial charge on any atom is -0.373 e. The van der Waals surface area contributed by atoms with Crippen LogP contribution in [-0.4, -0.2) is 17.0 Å². The Balaban J connectivity index is 2.26. The highest BCUT2D eigenvalue weighted by Crippen LogP contribution is 2.32. The van der Waals surface area contributed by atoms with Crippen molar-refractivity contribution >= 4 is 17.6 Å². The molecule has 0 fully saturated rings.